The summed E-state index contributed by atoms with van der Waals surface area (Å²) in [4.78, 5) is 26.8. The van der Waals surface area contributed by atoms with Gasteiger partial charge in [0.05, 0.1) is 24.0 Å². The number of nitrogens with zero attached hydrogens (tertiary/aromatic N) is 1. The van der Waals surface area contributed by atoms with Gasteiger partial charge in [-0.15, -0.1) is 0 Å². The Morgan fingerprint density at radius 2 is 1.76 bits per heavy atom. The number of hydrogen-bond acceptors (Lipinski definition) is 4. The van der Waals surface area contributed by atoms with Crippen molar-refractivity contribution >= 4 is 29.1 Å². The summed E-state index contributed by atoms with van der Waals surface area (Å²) in [5.41, 5.74) is 4.51. The van der Waals surface area contributed by atoms with Crippen LogP contribution < -0.4 is 27.9 Å². The van der Waals surface area contributed by atoms with E-state index >= 15 is 0 Å². The van der Waals surface area contributed by atoms with Crippen molar-refractivity contribution in [2.45, 2.75) is 39.7 Å². The molecule has 3 rings (SSSR count). The van der Waals surface area contributed by atoms with Crippen LogP contribution in [-0.4, -0.2) is 31.2 Å². The number of halogens is 1. The Labute approximate surface area is 178 Å². The molecule has 0 bridgehead atoms. The average Bonchev–Trinajstić information content (AvgIpc) is 2.82. The summed E-state index contributed by atoms with van der Waals surface area (Å²) in [6.45, 7) is 6.54. The molecule has 0 radical (unpaired) electrons. The Bertz CT molecular complexity index is 870. The van der Waals surface area contributed by atoms with Gasteiger partial charge in [0.15, 0.2) is 0 Å². The molecule has 1 aliphatic heterocycles. The topological polar surface area (TPSA) is 70.7 Å². The SMILES string of the molecule is CCNCC(=O)N1c2ccccc2CCc2ccc(NC(=O)OC(C)C)cc21.[Cl-]. The molecule has 6 nitrogen and oxygen atoms in total. The van der Waals surface area contributed by atoms with E-state index in [0.717, 1.165) is 41.9 Å². The third-order valence-electron chi connectivity index (χ3n) is 4.59. The Morgan fingerprint density at radius 1 is 1.07 bits per heavy atom. The van der Waals surface area contributed by atoms with E-state index in [2.05, 4.69) is 16.7 Å². The lowest BCUT2D eigenvalue weighted by atomic mass is 10.0. The maximum Gasteiger partial charge on any atom is 0.411 e. The number of rotatable bonds is 5. The van der Waals surface area contributed by atoms with Crippen molar-refractivity contribution in [1.29, 1.82) is 0 Å². The molecule has 0 fully saturated rings. The van der Waals surface area contributed by atoms with Crippen LogP contribution in [0.15, 0.2) is 42.5 Å². The fraction of sp³-hybridized carbons (Fsp3) is 0.364. The van der Waals surface area contributed by atoms with E-state index in [1.807, 2.05) is 43.3 Å². The monoisotopic (exact) mass is 416 g/mol. The van der Waals surface area contributed by atoms with Gasteiger partial charge in [0.1, 0.15) is 0 Å². The Hall–Kier alpha value is -2.57. The summed E-state index contributed by atoms with van der Waals surface area (Å²) in [6.07, 6.45) is 0.977. The average molecular weight is 417 g/mol. The van der Waals surface area contributed by atoms with Crippen molar-refractivity contribution in [1.82, 2.24) is 5.32 Å². The van der Waals surface area contributed by atoms with Gasteiger partial charge < -0.3 is 22.5 Å². The molecule has 2 aromatic carbocycles. The Morgan fingerprint density at radius 3 is 2.45 bits per heavy atom. The molecule has 29 heavy (non-hydrogen) atoms. The molecule has 1 heterocycles. The van der Waals surface area contributed by atoms with Crippen LogP contribution in [0.1, 0.15) is 31.9 Å². The minimum Gasteiger partial charge on any atom is -1.00 e. The minimum atomic E-state index is -0.505. The largest absolute Gasteiger partial charge is 1.00 e. The summed E-state index contributed by atoms with van der Waals surface area (Å²) < 4.78 is 5.17. The number of para-hydroxylation sites is 1. The first-order valence-electron chi connectivity index (χ1n) is 9.71. The molecular formula is C22H27ClN3O3-. The number of hydrogen-bond donors (Lipinski definition) is 2. The Balaban J connectivity index is 0.00000300. The first kappa shape index (κ1) is 22.7. The summed E-state index contributed by atoms with van der Waals surface area (Å²) >= 11 is 0. The Kier molecular flexibility index (Phi) is 8.05. The fourth-order valence-corrected chi connectivity index (χ4v) is 3.34. The minimum absolute atomic E-state index is 0. The molecule has 156 valence electrons. The molecule has 0 aromatic heterocycles. The number of aryl methyl sites for hydroxylation is 2. The summed E-state index contributed by atoms with van der Waals surface area (Å²) in [7, 11) is 0. The number of carbonyl (C=O) groups is 2. The van der Waals surface area contributed by atoms with Gasteiger partial charge >= 0.3 is 6.09 Å². The molecule has 7 heteroatoms. The zero-order valence-corrected chi connectivity index (χ0v) is 17.8. The third kappa shape index (κ3) is 5.49. The van der Waals surface area contributed by atoms with Gasteiger partial charge in [-0.1, -0.05) is 31.2 Å². The molecule has 0 atom stereocenters. The highest BCUT2D eigenvalue weighted by atomic mass is 35.5. The van der Waals surface area contributed by atoms with Crippen molar-refractivity contribution in [3.63, 3.8) is 0 Å². The van der Waals surface area contributed by atoms with E-state index < -0.39 is 6.09 Å². The predicted molar refractivity (Wildman–Crippen MR) is 111 cm³/mol. The van der Waals surface area contributed by atoms with Gasteiger partial charge in [-0.25, -0.2) is 4.79 Å². The number of carbonyl (C=O) groups excluding carboxylic acids is 2. The molecule has 0 aliphatic carbocycles. The molecule has 1 aliphatic rings. The fourth-order valence-electron chi connectivity index (χ4n) is 3.34. The van der Waals surface area contributed by atoms with Crippen LogP contribution in [0.3, 0.4) is 0 Å². The molecule has 2 amide bonds. The highest BCUT2D eigenvalue weighted by Gasteiger charge is 2.26. The van der Waals surface area contributed by atoms with E-state index in [1.165, 1.54) is 0 Å². The van der Waals surface area contributed by atoms with E-state index in [9.17, 15) is 9.59 Å². The van der Waals surface area contributed by atoms with Crippen LogP contribution >= 0.6 is 0 Å². The number of anilines is 3. The summed E-state index contributed by atoms with van der Waals surface area (Å²) in [6, 6.07) is 13.7. The van der Waals surface area contributed by atoms with Gasteiger partial charge in [0.25, 0.3) is 0 Å². The van der Waals surface area contributed by atoms with Crippen molar-refractivity contribution in [3.8, 4) is 0 Å². The second-order valence-corrected chi connectivity index (χ2v) is 7.06. The molecule has 0 saturated heterocycles. The second kappa shape index (κ2) is 10.3. The maximum absolute atomic E-state index is 13.1. The second-order valence-electron chi connectivity index (χ2n) is 7.06. The van der Waals surface area contributed by atoms with Crippen molar-refractivity contribution in [2.75, 3.05) is 23.3 Å². The van der Waals surface area contributed by atoms with Crippen LogP contribution in [0.25, 0.3) is 0 Å². The van der Waals surface area contributed by atoms with E-state index in [-0.39, 0.29) is 31.0 Å². The van der Waals surface area contributed by atoms with Crippen LogP contribution in [0.2, 0.25) is 0 Å². The highest BCUT2D eigenvalue weighted by molar-refractivity contribution is 6.04. The van der Waals surface area contributed by atoms with E-state index in [4.69, 9.17) is 4.74 Å². The van der Waals surface area contributed by atoms with Crippen molar-refractivity contribution < 1.29 is 26.7 Å². The van der Waals surface area contributed by atoms with Crippen LogP contribution in [0.5, 0.6) is 0 Å². The van der Waals surface area contributed by atoms with Crippen LogP contribution in [0.4, 0.5) is 21.9 Å². The molecule has 2 N–H and O–H groups in total. The first-order valence-corrected chi connectivity index (χ1v) is 9.71. The molecule has 2 aromatic rings. The molecule has 0 saturated carbocycles. The lowest BCUT2D eigenvalue weighted by Crippen LogP contribution is -3.00. The standard InChI is InChI=1S/C22H27N3O3.ClH/c1-4-23-14-21(26)25-19-8-6-5-7-16(19)9-10-17-11-12-18(13-20(17)25)24-22(27)28-15(2)3;/h5-8,11-13,15,23H,4,9-10,14H2,1-3H3,(H,24,27);1H/p-1. The number of nitrogens with one attached hydrogen (secondary N) is 2. The highest BCUT2D eigenvalue weighted by Crippen LogP contribution is 2.37. The molecule has 0 unspecified atom stereocenters. The van der Waals surface area contributed by atoms with E-state index in [1.54, 1.807) is 18.7 Å². The zero-order chi connectivity index (χ0) is 20.1. The van der Waals surface area contributed by atoms with Gasteiger partial charge in [-0.2, -0.15) is 0 Å². The zero-order valence-electron chi connectivity index (χ0n) is 17.0. The van der Waals surface area contributed by atoms with Crippen LogP contribution in [-0.2, 0) is 22.4 Å². The van der Waals surface area contributed by atoms with Gasteiger partial charge in [0, 0.05) is 5.69 Å². The lowest BCUT2D eigenvalue weighted by molar-refractivity contribution is -0.117. The number of amides is 2. The normalized spacial score (nSPS) is 12.3. The molecular weight excluding hydrogens is 390 g/mol. The van der Waals surface area contributed by atoms with Crippen molar-refractivity contribution in [2.24, 2.45) is 0 Å². The summed E-state index contributed by atoms with van der Waals surface area (Å²) in [5.74, 6) is -0.0284. The third-order valence-corrected chi connectivity index (χ3v) is 4.59. The maximum atomic E-state index is 13.1. The van der Waals surface area contributed by atoms with Crippen molar-refractivity contribution in [3.05, 3.63) is 53.6 Å². The first-order chi connectivity index (χ1) is 13.5. The lowest BCUT2D eigenvalue weighted by Gasteiger charge is -2.26. The molecule has 0 spiro atoms. The van der Waals surface area contributed by atoms with E-state index in [0.29, 0.717) is 5.69 Å². The number of ether oxygens (including phenoxy) is 1. The van der Waals surface area contributed by atoms with Gasteiger partial charge in [-0.3, -0.25) is 15.0 Å². The van der Waals surface area contributed by atoms with Gasteiger partial charge in [0.2, 0.25) is 5.91 Å². The number of benzene rings is 2. The number of likely N-dealkylation sites (N-methyl/N-ethyl adjacent to an activating group) is 1. The van der Waals surface area contributed by atoms with Crippen LogP contribution in [0, 0.1) is 0 Å². The van der Waals surface area contributed by atoms with Gasteiger partial charge in [-0.05, 0) is 62.6 Å². The summed E-state index contributed by atoms with van der Waals surface area (Å²) in [5, 5.41) is 5.87. The smallest absolute Gasteiger partial charge is 0.411 e. The number of fused-ring (bicyclic) bond motifs is 2. The quantitative estimate of drug-likeness (QED) is 0.763. The predicted octanol–water partition coefficient (Wildman–Crippen LogP) is 1.02.